The quantitative estimate of drug-likeness (QED) is 0.655. The van der Waals surface area contributed by atoms with E-state index in [2.05, 4.69) is 15.6 Å². The maximum Gasteiger partial charge on any atom is 0.317 e. The van der Waals surface area contributed by atoms with Gasteiger partial charge in [-0.25, -0.2) is 4.79 Å². The van der Waals surface area contributed by atoms with Crippen molar-refractivity contribution in [2.45, 2.75) is 13.2 Å². The Balaban J connectivity index is 1.84. The van der Waals surface area contributed by atoms with E-state index in [4.69, 9.17) is 5.11 Å². The Bertz CT molecular complexity index is 351. The van der Waals surface area contributed by atoms with Crippen molar-refractivity contribution in [2.75, 3.05) is 19.6 Å². The summed E-state index contributed by atoms with van der Waals surface area (Å²) in [7, 11) is 0. The fourth-order valence-electron chi connectivity index (χ4n) is 1.47. The summed E-state index contributed by atoms with van der Waals surface area (Å²) in [5.41, 5.74) is 0.542. The van der Waals surface area contributed by atoms with Crippen LogP contribution in [0.25, 0.3) is 0 Å². The fourth-order valence-corrected chi connectivity index (χ4v) is 1.47. The van der Waals surface area contributed by atoms with Crippen LogP contribution in [0.5, 0.6) is 0 Å². The van der Waals surface area contributed by atoms with Gasteiger partial charge in [-0.05, 0) is 0 Å². The van der Waals surface area contributed by atoms with E-state index in [-0.39, 0.29) is 12.6 Å². The van der Waals surface area contributed by atoms with Crippen LogP contribution in [0.15, 0.2) is 6.20 Å². The monoisotopic (exact) mass is 211 g/mol. The number of nitrogens with one attached hydrogen (secondary N) is 1. The van der Waals surface area contributed by atoms with Gasteiger partial charge in [-0.3, -0.25) is 4.68 Å². The molecule has 2 amide bonds. The zero-order chi connectivity index (χ0) is 10.7. The van der Waals surface area contributed by atoms with Crippen molar-refractivity contribution in [3.05, 3.63) is 11.9 Å². The van der Waals surface area contributed by atoms with Crippen LogP contribution in [0.2, 0.25) is 0 Å². The molecule has 0 bridgehead atoms. The van der Waals surface area contributed by atoms with Crippen molar-refractivity contribution in [3.63, 3.8) is 0 Å². The minimum atomic E-state index is -0.107. The molecule has 0 radical (unpaired) electrons. The molecule has 1 aliphatic rings. The van der Waals surface area contributed by atoms with Crippen molar-refractivity contribution >= 4 is 6.03 Å². The number of hydrogen-bond acceptors (Lipinski definition) is 4. The van der Waals surface area contributed by atoms with Gasteiger partial charge in [0.1, 0.15) is 5.69 Å². The summed E-state index contributed by atoms with van der Waals surface area (Å²) in [6, 6.07) is -0.0301. The van der Waals surface area contributed by atoms with Crippen molar-refractivity contribution in [2.24, 2.45) is 0 Å². The van der Waals surface area contributed by atoms with Crippen molar-refractivity contribution in [3.8, 4) is 0 Å². The molecule has 2 N–H and O–H groups in total. The highest BCUT2D eigenvalue weighted by molar-refractivity contribution is 5.76. The molecule has 2 rings (SSSR count). The lowest BCUT2D eigenvalue weighted by molar-refractivity contribution is 0.215. The van der Waals surface area contributed by atoms with Crippen LogP contribution in [0, 0.1) is 0 Å². The standard InChI is InChI=1S/C8H13N5O2/c14-6-7-5-13(11-10-7)4-3-12-2-1-9-8(12)15/h5,14H,1-4,6H2,(H,9,15). The molecule has 1 fully saturated rings. The number of aromatic nitrogens is 3. The summed E-state index contributed by atoms with van der Waals surface area (Å²) in [4.78, 5) is 12.9. The van der Waals surface area contributed by atoms with Crippen LogP contribution in [0.4, 0.5) is 4.79 Å². The van der Waals surface area contributed by atoms with Gasteiger partial charge < -0.3 is 15.3 Å². The number of urea groups is 1. The number of aliphatic hydroxyl groups excluding tert-OH is 1. The van der Waals surface area contributed by atoms with Crippen LogP contribution >= 0.6 is 0 Å². The second kappa shape index (κ2) is 4.26. The maximum absolute atomic E-state index is 11.2. The number of nitrogens with zero attached hydrogens (tertiary/aromatic N) is 4. The molecule has 2 heterocycles. The number of aliphatic hydroxyl groups is 1. The zero-order valence-electron chi connectivity index (χ0n) is 8.26. The molecule has 15 heavy (non-hydrogen) atoms. The molecular weight excluding hydrogens is 198 g/mol. The third kappa shape index (κ3) is 2.24. The smallest absolute Gasteiger partial charge is 0.317 e. The molecule has 7 nitrogen and oxygen atoms in total. The summed E-state index contributed by atoms with van der Waals surface area (Å²) >= 11 is 0. The predicted molar refractivity (Wildman–Crippen MR) is 50.9 cm³/mol. The Hall–Kier alpha value is -1.63. The Morgan fingerprint density at radius 1 is 1.53 bits per heavy atom. The van der Waals surface area contributed by atoms with E-state index in [1.807, 2.05) is 0 Å². The van der Waals surface area contributed by atoms with E-state index in [9.17, 15) is 4.79 Å². The largest absolute Gasteiger partial charge is 0.390 e. The molecule has 0 aliphatic carbocycles. The van der Waals surface area contributed by atoms with Gasteiger partial charge in [0.05, 0.1) is 19.3 Å². The van der Waals surface area contributed by atoms with Gasteiger partial charge in [0.25, 0.3) is 0 Å². The minimum absolute atomic E-state index is 0.0301. The maximum atomic E-state index is 11.2. The van der Waals surface area contributed by atoms with Crippen molar-refractivity contribution in [1.29, 1.82) is 0 Å². The lowest BCUT2D eigenvalue weighted by Gasteiger charge is -2.12. The Morgan fingerprint density at radius 3 is 3.00 bits per heavy atom. The van der Waals surface area contributed by atoms with Gasteiger partial charge in [0.15, 0.2) is 0 Å². The number of rotatable bonds is 4. The molecule has 0 saturated carbocycles. The number of carbonyl (C=O) groups excluding carboxylic acids is 1. The molecule has 1 aliphatic heterocycles. The number of carbonyl (C=O) groups is 1. The highest BCUT2D eigenvalue weighted by Crippen LogP contribution is 1.98. The highest BCUT2D eigenvalue weighted by Gasteiger charge is 2.18. The molecule has 1 saturated heterocycles. The van der Waals surface area contributed by atoms with E-state index in [0.29, 0.717) is 25.3 Å². The molecule has 0 spiro atoms. The first kappa shape index (κ1) is 9.91. The summed E-state index contributed by atoms with van der Waals surface area (Å²) in [6.45, 7) is 2.54. The third-order valence-corrected chi connectivity index (χ3v) is 2.29. The zero-order valence-corrected chi connectivity index (χ0v) is 8.26. The van der Waals surface area contributed by atoms with Gasteiger partial charge >= 0.3 is 6.03 Å². The van der Waals surface area contributed by atoms with Gasteiger partial charge in [-0.1, -0.05) is 5.21 Å². The van der Waals surface area contributed by atoms with Crippen LogP contribution in [0.1, 0.15) is 5.69 Å². The number of hydrogen-bond donors (Lipinski definition) is 2. The molecule has 0 atom stereocenters. The Labute approximate surface area is 86.7 Å². The Kier molecular flexibility index (Phi) is 2.82. The van der Waals surface area contributed by atoms with E-state index in [1.54, 1.807) is 15.8 Å². The average Bonchev–Trinajstić information content (AvgIpc) is 2.84. The third-order valence-electron chi connectivity index (χ3n) is 2.29. The second-order valence-corrected chi connectivity index (χ2v) is 3.35. The highest BCUT2D eigenvalue weighted by atomic mass is 16.3. The van der Waals surface area contributed by atoms with Gasteiger partial charge in [-0.15, -0.1) is 5.10 Å². The molecule has 0 unspecified atom stereocenters. The predicted octanol–water partition coefficient (Wildman–Crippen LogP) is -1.20. The van der Waals surface area contributed by atoms with Gasteiger partial charge in [0.2, 0.25) is 0 Å². The normalized spacial score (nSPS) is 15.8. The lowest BCUT2D eigenvalue weighted by atomic mass is 10.5. The van der Waals surface area contributed by atoms with E-state index < -0.39 is 0 Å². The van der Waals surface area contributed by atoms with E-state index >= 15 is 0 Å². The molecule has 7 heteroatoms. The number of amides is 2. The summed E-state index contributed by atoms with van der Waals surface area (Å²) < 4.78 is 1.62. The lowest BCUT2D eigenvalue weighted by Crippen LogP contribution is -2.31. The van der Waals surface area contributed by atoms with Crippen LogP contribution in [-0.4, -0.2) is 50.7 Å². The molecular formula is C8H13N5O2. The molecule has 1 aromatic heterocycles. The summed E-state index contributed by atoms with van der Waals surface area (Å²) in [5.74, 6) is 0. The molecule has 82 valence electrons. The first-order valence-electron chi connectivity index (χ1n) is 4.82. The van der Waals surface area contributed by atoms with Gasteiger partial charge in [0, 0.05) is 19.6 Å². The van der Waals surface area contributed by atoms with Crippen molar-refractivity contribution < 1.29 is 9.90 Å². The first-order chi connectivity index (χ1) is 7.29. The fraction of sp³-hybridized carbons (Fsp3) is 0.625. The SMILES string of the molecule is O=C1NCCN1CCn1cc(CO)nn1. The van der Waals surface area contributed by atoms with Crippen LogP contribution in [0.3, 0.4) is 0 Å². The molecule has 1 aromatic rings. The topological polar surface area (TPSA) is 83.3 Å². The average molecular weight is 211 g/mol. The van der Waals surface area contributed by atoms with Gasteiger partial charge in [-0.2, -0.15) is 0 Å². The summed E-state index contributed by atoms with van der Waals surface area (Å²) in [6.07, 6.45) is 1.67. The second-order valence-electron chi connectivity index (χ2n) is 3.35. The summed E-state index contributed by atoms with van der Waals surface area (Å²) in [5, 5.41) is 19.1. The first-order valence-corrected chi connectivity index (χ1v) is 4.82. The molecule has 0 aromatic carbocycles. The Morgan fingerprint density at radius 2 is 2.40 bits per heavy atom. The van der Waals surface area contributed by atoms with E-state index in [1.165, 1.54) is 0 Å². The van der Waals surface area contributed by atoms with Crippen LogP contribution in [-0.2, 0) is 13.2 Å². The minimum Gasteiger partial charge on any atom is -0.390 e. The van der Waals surface area contributed by atoms with Crippen LogP contribution < -0.4 is 5.32 Å². The van der Waals surface area contributed by atoms with E-state index in [0.717, 1.165) is 6.54 Å². The van der Waals surface area contributed by atoms with Crippen molar-refractivity contribution in [1.82, 2.24) is 25.2 Å².